The Morgan fingerprint density at radius 1 is 0.935 bits per heavy atom. The number of halogens is 1. The van der Waals surface area contributed by atoms with Crippen molar-refractivity contribution in [2.24, 2.45) is 0 Å². The number of rotatable bonds is 7. The summed E-state index contributed by atoms with van der Waals surface area (Å²) in [6.45, 7) is 7.79. The highest BCUT2D eigenvalue weighted by Gasteiger charge is 2.42. The average Bonchev–Trinajstić information content (AvgIpc) is 2.80. The van der Waals surface area contributed by atoms with E-state index in [2.05, 4.69) is 23.6 Å². The molecule has 0 saturated carbocycles. The summed E-state index contributed by atoms with van der Waals surface area (Å²) in [5, 5.41) is 12.9. The molecule has 1 aliphatic heterocycles. The molecule has 1 heterocycles. The quantitative estimate of drug-likeness (QED) is 0.536. The molecule has 162 valence electrons. The molecule has 1 aliphatic rings. The van der Waals surface area contributed by atoms with Crippen LogP contribution in [0.15, 0.2) is 66.7 Å². The van der Waals surface area contributed by atoms with E-state index < -0.39 is 5.60 Å². The molecule has 4 nitrogen and oxygen atoms in total. The summed E-state index contributed by atoms with van der Waals surface area (Å²) in [5.41, 5.74) is 2.93. The minimum atomic E-state index is -1.30. The number of benzene rings is 3. The van der Waals surface area contributed by atoms with Gasteiger partial charge in [-0.3, -0.25) is 0 Å². The fourth-order valence-corrected chi connectivity index (χ4v) is 4.54. The topological polar surface area (TPSA) is 35.9 Å². The van der Waals surface area contributed by atoms with Crippen LogP contribution in [0.1, 0.15) is 30.5 Å². The summed E-state index contributed by atoms with van der Waals surface area (Å²) in [5.74, 6) is 0.756. The Bertz CT molecular complexity index is 1050. The Labute approximate surface area is 189 Å². The Kier molecular flexibility index (Phi) is 6.24. The lowest BCUT2D eigenvalue weighted by Gasteiger charge is -2.41. The Morgan fingerprint density at radius 3 is 2.39 bits per heavy atom. The van der Waals surface area contributed by atoms with E-state index in [9.17, 15) is 5.11 Å². The van der Waals surface area contributed by atoms with Crippen molar-refractivity contribution in [1.29, 1.82) is 0 Å². The molecule has 4 rings (SSSR count). The molecular formula is C26H29ClN2O2. The van der Waals surface area contributed by atoms with Gasteiger partial charge in [0.2, 0.25) is 0 Å². The van der Waals surface area contributed by atoms with Crippen molar-refractivity contribution in [3.63, 3.8) is 0 Å². The molecule has 0 fully saturated rings. The lowest BCUT2D eigenvalue weighted by molar-refractivity contribution is 0.124. The van der Waals surface area contributed by atoms with Gasteiger partial charge in [-0.15, -0.1) is 0 Å². The highest BCUT2D eigenvalue weighted by Crippen LogP contribution is 2.51. The first-order valence-electron chi connectivity index (χ1n) is 10.8. The monoisotopic (exact) mass is 436 g/mol. The number of ether oxygens (including phenoxy) is 1. The van der Waals surface area contributed by atoms with Crippen LogP contribution < -0.4 is 9.64 Å². The minimum absolute atomic E-state index is 0.603. The number of hydrogen-bond acceptors (Lipinski definition) is 4. The van der Waals surface area contributed by atoms with Crippen LogP contribution in [-0.2, 0) is 5.60 Å². The first-order valence-corrected chi connectivity index (χ1v) is 11.2. The van der Waals surface area contributed by atoms with E-state index in [1.807, 2.05) is 73.8 Å². The predicted molar refractivity (Wildman–Crippen MR) is 128 cm³/mol. The highest BCUT2D eigenvalue weighted by atomic mass is 35.5. The van der Waals surface area contributed by atoms with Gasteiger partial charge >= 0.3 is 0 Å². The van der Waals surface area contributed by atoms with Crippen LogP contribution in [0.2, 0.25) is 5.02 Å². The van der Waals surface area contributed by atoms with E-state index >= 15 is 0 Å². The normalized spacial score (nSPS) is 17.4. The van der Waals surface area contributed by atoms with Crippen LogP contribution in [-0.4, -0.2) is 43.3 Å². The molecule has 1 unspecified atom stereocenters. The Morgan fingerprint density at radius 2 is 1.68 bits per heavy atom. The molecule has 3 aromatic carbocycles. The third kappa shape index (κ3) is 3.91. The maximum atomic E-state index is 12.2. The van der Waals surface area contributed by atoms with Crippen molar-refractivity contribution in [3.05, 3.63) is 88.4 Å². The highest BCUT2D eigenvalue weighted by molar-refractivity contribution is 6.31. The van der Waals surface area contributed by atoms with Gasteiger partial charge in [-0.05, 0) is 49.0 Å². The molecule has 0 aromatic heterocycles. The van der Waals surface area contributed by atoms with E-state index in [1.165, 1.54) is 0 Å². The molecule has 1 atom stereocenters. The largest absolute Gasteiger partial charge is 0.492 e. The van der Waals surface area contributed by atoms with Gasteiger partial charge in [0.1, 0.15) is 18.0 Å². The number of anilines is 2. The van der Waals surface area contributed by atoms with Crippen molar-refractivity contribution in [2.45, 2.75) is 19.4 Å². The van der Waals surface area contributed by atoms with E-state index in [4.69, 9.17) is 16.3 Å². The molecule has 0 spiro atoms. The Balaban J connectivity index is 1.78. The fourth-order valence-electron chi connectivity index (χ4n) is 4.37. The van der Waals surface area contributed by atoms with E-state index in [0.717, 1.165) is 53.4 Å². The van der Waals surface area contributed by atoms with Gasteiger partial charge in [0.15, 0.2) is 0 Å². The van der Waals surface area contributed by atoms with Gasteiger partial charge in [-0.1, -0.05) is 61.8 Å². The van der Waals surface area contributed by atoms with Gasteiger partial charge in [0.25, 0.3) is 0 Å². The second-order valence-corrected chi connectivity index (χ2v) is 8.29. The van der Waals surface area contributed by atoms with Crippen LogP contribution in [0.4, 0.5) is 11.4 Å². The third-order valence-electron chi connectivity index (χ3n) is 6.19. The van der Waals surface area contributed by atoms with Crippen LogP contribution >= 0.6 is 11.6 Å². The first-order chi connectivity index (χ1) is 15.0. The second-order valence-electron chi connectivity index (χ2n) is 7.85. The van der Waals surface area contributed by atoms with Gasteiger partial charge in [-0.2, -0.15) is 0 Å². The smallest absolute Gasteiger partial charge is 0.144 e. The molecule has 0 amide bonds. The summed E-state index contributed by atoms with van der Waals surface area (Å²) in [6, 6.07) is 21.4. The zero-order valence-electron chi connectivity index (χ0n) is 18.3. The number of hydrogen-bond donors (Lipinski definition) is 1. The zero-order chi connectivity index (χ0) is 22.0. The lowest BCUT2D eigenvalue weighted by Crippen LogP contribution is -2.36. The van der Waals surface area contributed by atoms with Crippen LogP contribution in [0.3, 0.4) is 0 Å². The number of fused-ring (bicyclic) bond motifs is 2. The zero-order valence-corrected chi connectivity index (χ0v) is 19.1. The average molecular weight is 437 g/mol. The molecule has 0 aliphatic carbocycles. The van der Waals surface area contributed by atoms with Crippen molar-refractivity contribution < 1.29 is 9.84 Å². The number of aliphatic hydroxyl groups is 1. The van der Waals surface area contributed by atoms with Gasteiger partial charge in [0, 0.05) is 41.1 Å². The number of likely N-dealkylation sites (N-methyl/N-ethyl adjacent to an activating group) is 1. The molecule has 3 aromatic rings. The first kappa shape index (κ1) is 21.7. The van der Waals surface area contributed by atoms with E-state index in [-0.39, 0.29) is 0 Å². The lowest BCUT2D eigenvalue weighted by atomic mass is 9.76. The standard InChI is InChI=1S/C26H29ClN2O2/c1-4-29(5-2)15-16-31-21-12-14-24-23(18-21)26(30,19-9-7-6-8-10-19)22-13-11-20(27)17-25(22)28(24)3/h6-14,17-18,30H,4-5,15-16H2,1-3H3. The van der Waals surface area contributed by atoms with Crippen molar-refractivity contribution in [3.8, 4) is 5.75 Å². The predicted octanol–water partition coefficient (Wildman–Crippen LogP) is 5.43. The van der Waals surface area contributed by atoms with Gasteiger partial charge < -0.3 is 19.6 Å². The summed E-state index contributed by atoms with van der Waals surface area (Å²) >= 11 is 6.31. The maximum Gasteiger partial charge on any atom is 0.144 e. The van der Waals surface area contributed by atoms with Gasteiger partial charge in [0.05, 0.1) is 0 Å². The molecule has 1 N–H and O–H groups in total. The summed E-state index contributed by atoms with van der Waals surface area (Å²) in [7, 11) is 2.00. The summed E-state index contributed by atoms with van der Waals surface area (Å²) in [4.78, 5) is 4.40. The number of nitrogens with zero attached hydrogens (tertiary/aromatic N) is 2. The molecule has 5 heteroatoms. The summed E-state index contributed by atoms with van der Waals surface area (Å²) < 4.78 is 6.09. The maximum absolute atomic E-state index is 12.2. The van der Waals surface area contributed by atoms with Crippen LogP contribution in [0.5, 0.6) is 5.75 Å². The summed E-state index contributed by atoms with van der Waals surface area (Å²) in [6.07, 6.45) is 0. The van der Waals surface area contributed by atoms with Crippen LogP contribution in [0.25, 0.3) is 0 Å². The molecule has 0 radical (unpaired) electrons. The minimum Gasteiger partial charge on any atom is -0.492 e. The molecule has 31 heavy (non-hydrogen) atoms. The Hall–Kier alpha value is -2.53. The second kappa shape index (κ2) is 8.91. The van der Waals surface area contributed by atoms with Gasteiger partial charge in [-0.25, -0.2) is 0 Å². The molecular weight excluding hydrogens is 408 g/mol. The fraction of sp³-hybridized carbons (Fsp3) is 0.308. The van der Waals surface area contributed by atoms with Crippen LogP contribution in [0, 0.1) is 0 Å². The SMILES string of the molecule is CCN(CC)CCOc1ccc2c(c1)C(O)(c1ccccc1)c1ccc(Cl)cc1N2C. The molecule has 0 saturated heterocycles. The van der Waals surface area contributed by atoms with E-state index in [0.29, 0.717) is 11.6 Å². The van der Waals surface area contributed by atoms with Crippen molar-refractivity contribution >= 4 is 23.0 Å². The van der Waals surface area contributed by atoms with Crippen molar-refractivity contribution in [2.75, 3.05) is 38.2 Å². The molecule has 0 bridgehead atoms. The van der Waals surface area contributed by atoms with E-state index in [1.54, 1.807) is 0 Å². The third-order valence-corrected chi connectivity index (χ3v) is 6.43. The van der Waals surface area contributed by atoms with Crippen molar-refractivity contribution in [1.82, 2.24) is 4.90 Å².